The Morgan fingerprint density at radius 3 is 1.93 bits per heavy atom. The molecule has 162 valence electrons. The van der Waals surface area contributed by atoms with Crippen LogP contribution in [-0.2, 0) is 14.8 Å². The summed E-state index contributed by atoms with van der Waals surface area (Å²) in [6.07, 6.45) is 8.25. The molecule has 1 aliphatic heterocycles. The Kier molecular flexibility index (Phi) is 7.05. The van der Waals surface area contributed by atoms with E-state index < -0.39 is 10.0 Å². The number of hydrogen-bond donors (Lipinski definition) is 1. The summed E-state index contributed by atoms with van der Waals surface area (Å²) < 4.78 is 28.4. The zero-order valence-corrected chi connectivity index (χ0v) is 19.2. The van der Waals surface area contributed by atoms with Crippen LogP contribution in [0.15, 0.2) is 11.0 Å². The average molecular weight is 421 g/mol. The van der Waals surface area contributed by atoms with E-state index in [4.69, 9.17) is 0 Å². The zero-order valence-electron chi connectivity index (χ0n) is 18.4. The molecule has 2 fully saturated rings. The summed E-state index contributed by atoms with van der Waals surface area (Å²) >= 11 is 0. The first-order valence-electron chi connectivity index (χ1n) is 11.1. The molecule has 29 heavy (non-hydrogen) atoms. The van der Waals surface area contributed by atoms with Crippen molar-refractivity contribution in [2.24, 2.45) is 5.92 Å². The Labute approximate surface area is 176 Å². The van der Waals surface area contributed by atoms with Gasteiger partial charge in [0.25, 0.3) is 0 Å². The topological polar surface area (TPSA) is 66.5 Å². The molecule has 1 amide bonds. The second kappa shape index (κ2) is 9.17. The van der Waals surface area contributed by atoms with Crippen LogP contribution in [0.3, 0.4) is 0 Å². The third kappa shape index (κ3) is 4.85. The predicted molar refractivity (Wildman–Crippen MR) is 117 cm³/mol. The van der Waals surface area contributed by atoms with Gasteiger partial charge in [0, 0.05) is 25.0 Å². The van der Waals surface area contributed by atoms with Crippen molar-refractivity contribution in [3.63, 3.8) is 0 Å². The maximum Gasteiger partial charge on any atom is 0.243 e. The van der Waals surface area contributed by atoms with Crippen molar-refractivity contribution < 1.29 is 13.2 Å². The molecule has 1 aromatic carbocycles. The van der Waals surface area contributed by atoms with E-state index in [9.17, 15) is 13.2 Å². The van der Waals surface area contributed by atoms with Crippen LogP contribution < -0.4 is 5.32 Å². The fourth-order valence-corrected chi connectivity index (χ4v) is 6.84. The first-order valence-corrected chi connectivity index (χ1v) is 12.5. The van der Waals surface area contributed by atoms with E-state index in [0.717, 1.165) is 35.1 Å². The first-order chi connectivity index (χ1) is 13.7. The molecule has 0 bridgehead atoms. The highest BCUT2D eigenvalue weighted by Gasteiger charge is 2.34. The molecule has 1 N–H and O–H groups in total. The molecule has 0 aromatic heterocycles. The molecule has 0 atom stereocenters. The highest BCUT2D eigenvalue weighted by Crippen LogP contribution is 2.31. The normalized spacial score (nSPS) is 20.4. The van der Waals surface area contributed by atoms with Gasteiger partial charge in [0.2, 0.25) is 15.9 Å². The molecule has 1 saturated carbocycles. The van der Waals surface area contributed by atoms with Crippen molar-refractivity contribution in [1.29, 1.82) is 0 Å². The largest absolute Gasteiger partial charge is 0.353 e. The van der Waals surface area contributed by atoms with Crippen molar-refractivity contribution >= 4 is 15.9 Å². The lowest BCUT2D eigenvalue weighted by Crippen LogP contribution is -2.45. The lowest BCUT2D eigenvalue weighted by atomic mass is 9.96. The average Bonchev–Trinajstić information content (AvgIpc) is 2.95. The number of nitrogens with one attached hydrogen (secondary N) is 1. The van der Waals surface area contributed by atoms with E-state index in [1.54, 1.807) is 4.31 Å². The molecule has 6 heteroatoms. The number of aryl methyl sites for hydroxylation is 2. The van der Waals surface area contributed by atoms with Crippen LogP contribution in [0.1, 0.15) is 73.6 Å². The van der Waals surface area contributed by atoms with Gasteiger partial charge in [-0.25, -0.2) is 8.42 Å². The molecule has 1 heterocycles. The molecule has 0 radical (unpaired) electrons. The number of rotatable bonds is 4. The zero-order chi connectivity index (χ0) is 21.2. The third-order valence-electron chi connectivity index (χ3n) is 6.92. The van der Waals surface area contributed by atoms with Gasteiger partial charge in [-0.1, -0.05) is 31.7 Å². The molecule has 0 spiro atoms. The fourth-order valence-electron chi connectivity index (χ4n) is 4.80. The van der Waals surface area contributed by atoms with Gasteiger partial charge in [0.05, 0.1) is 4.90 Å². The fraction of sp³-hybridized carbons (Fsp3) is 0.696. The van der Waals surface area contributed by atoms with Gasteiger partial charge < -0.3 is 5.32 Å². The summed E-state index contributed by atoms with van der Waals surface area (Å²) in [6, 6.07) is 2.35. The van der Waals surface area contributed by atoms with Crippen LogP contribution in [0.4, 0.5) is 0 Å². The molecular weight excluding hydrogens is 384 g/mol. The second-order valence-corrected chi connectivity index (χ2v) is 10.8. The minimum atomic E-state index is -3.55. The molecule has 1 saturated heterocycles. The van der Waals surface area contributed by atoms with E-state index in [-0.39, 0.29) is 11.8 Å². The Balaban J connectivity index is 1.66. The van der Waals surface area contributed by atoms with Crippen LogP contribution in [0.2, 0.25) is 0 Å². The summed E-state index contributed by atoms with van der Waals surface area (Å²) in [5.74, 6) is 0.0406. The van der Waals surface area contributed by atoms with Crippen molar-refractivity contribution in [3.8, 4) is 0 Å². The number of amides is 1. The SMILES string of the molecule is Cc1cc(C)c(C)c(S(=O)(=O)N2CCC(C(=O)NC3CCCCCC3)CC2)c1C. The van der Waals surface area contributed by atoms with Crippen LogP contribution in [-0.4, -0.2) is 37.8 Å². The van der Waals surface area contributed by atoms with E-state index in [1.165, 1.54) is 25.7 Å². The van der Waals surface area contributed by atoms with Crippen molar-refractivity contribution in [1.82, 2.24) is 9.62 Å². The van der Waals surface area contributed by atoms with Crippen molar-refractivity contribution in [2.45, 2.75) is 90.0 Å². The number of sulfonamides is 1. The second-order valence-electron chi connectivity index (χ2n) is 8.96. The Bertz CT molecular complexity index is 821. The third-order valence-corrected chi connectivity index (χ3v) is 9.09. The lowest BCUT2D eigenvalue weighted by molar-refractivity contribution is -0.126. The Morgan fingerprint density at radius 2 is 1.41 bits per heavy atom. The van der Waals surface area contributed by atoms with E-state index in [1.807, 2.05) is 33.8 Å². The van der Waals surface area contributed by atoms with Crippen LogP contribution in [0.25, 0.3) is 0 Å². The first kappa shape index (κ1) is 22.3. The van der Waals surface area contributed by atoms with Gasteiger partial charge in [0.15, 0.2) is 0 Å². The van der Waals surface area contributed by atoms with Gasteiger partial charge >= 0.3 is 0 Å². The van der Waals surface area contributed by atoms with Gasteiger partial charge in [-0.15, -0.1) is 0 Å². The smallest absolute Gasteiger partial charge is 0.243 e. The number of carbonyl (C=O) groups is 1. The van der Waals surface area contributed by atoms with E-state index in [2.05, 4.69) is 5.32 Å². The number of piperidine rings is 1. The molecular formula is C23H36N2O3S. The highest BCUT2D eigenvalue weighted by atomic mass is 32.2. The predicted octanol–water partition coefficient (Wildman–Crippen LogP) is 4.16. The summed E-state index contributed by atoms with van der Waals surface area (Å²) in [4.78, 5) is 13.2. The highest BCUT2D eigenvalue weighted by molar-refractivity contribution is 7.89. The molecule has 5 nitrogen and oxygen atoms in total. The van der Waals surface area contributed by atoms with Crippen molar-refractivity contribution in [3.05, 3.63) is 28.3 Å². The molecule has 0 unspecified atom stereocenters. The molecule has 2 aliphatic rings. The quantitative estimate of drug-likeness (QED) is 0.744. The summed E-state index contributed by atoms with van der Waals surface area (Å²) in [5.41, 5.74) is 3.68. The van der Waals surface area contributed by atoms with Crippen LogP contribution in [0.5, 0.6) is 0 Å². The van der Waals surface area contributed by atoms with Crippen molar-refractivity contribution in [2.75, 3.05) is 13.1 Å². The molecule has 1 aliphatic carbocycles. The van der Waals surface area contributed by atoms with Gasteiger partial charge in [-0.05, 0) is 75.6 Å². The van der Waals surface area contributed by atoms with Crippen LogP contribution in [0, 0.1) is 33.6 Å². The minimum Gasteiger partial charge on any atom is -0.353 e. The maximum absolute atomic E-state index is 13.4. The molecule has 3 rings (SSSR count). The minimum absolute atomic E-state index is 0.0776. The van der Waals surface area contributed by atoms with Gasteiger partial charge in [-0.2, -0.15) is 4.31 Å². The monoisotopic (exact) mass is 420 g/mol. The summed E-state index contributed by atoms with van der Waals surface area (Å²) in [7, 11) is -3.55. The van der Waals surface area contributed by atoms with Gasteiger partial charge in [-0.3, -0.25) is 4.79 Å². The Hall–Kier alpha value is -1.40. The van der Waals surface area contributed by atoms with Crippen LogP contribution >= 0.6 is 0 Å². The summed E-state index contributed by atoms with van der Waals surface area (Å²) in [5, 5.41) is 3.24. The molecule has 1 aromatic rings. The summed E-state index contributed by atoms with van der Waals surface area (Å²) in [6.45, 7) is 8.53. The standard InChI is InChI=1S/C23H36N2O3S/c1-16-15-17(2)19(4)22(18(16)3)29(27,28)25-13-11-20(12-14-25)23(26)24-21-9-7-5-6-8-10-21/h15,20-21H,5-14H2,1-4H3,(H,24,26). The lowest BCUT2D eigenvalue weighted by Gasteiger charge is -2.32. The number of nitrogens with zero attached hydrogens (tertiary/aromatic N) is 1. The number of benzene rings is 1. The maximum atomic E-state index is 13.4. The number of hydrogen-bond acceptors (Lipinski definition) is 3. The van der Waals surface area contributed by atoms with Gasteiger partial charge in [0.1, 0.15) is 0 Å². The number of carbonyl (C=O) groups excluding carboxylic acids is 1. The van der Waals surface area contributed by atoms with E-state index in [0.29, 0.717) is 36.9 Å². The Morgan fingerprint density at radius 1 is 0.897 bits per heavy atom. The van der Waals surface area contributed by atoms with E-state index >= 15 is 0 Å².